The third-order valence-corrected chi connectivity index (χ3v) is 7.68. The Morgan fingerprint density at radius 1 is 1.22 bits per heavy atom. The number of fused-ring (bicyclic) bond motifs is 1. The molecule has 32 heavy (non-hydrogen) atoms. The molecule has 3 aromatic rings. The summed E-state index contributed by atoms with van der Waals surface area (Å²) in [6.45, 7) is 1.57. The molecule has 2 atom stereocenters. The lowest BCUT2D eigenvalue weighted by atomic mass is 10.0. The fraction of sp³-hybridized carbons (Fsp3) is 0.304. The Morgan fingerprint density at radius 3 is 2.59 bits per heavy atom. The number of hydrogen-bond acceptors (Lipinski definition) is 6. The Bertz CT molecular complexity index is 1340. The number of carbonyl (C=O) groups is 1. The first-order valence-corrected chi connectivity index (χ1v) is 12.3. The van der Waals surface area contributed by atoms with Gasteiger partial charge in [0.1, 0.15) is 11.3 Å². The highest BCUT2D eigenvalue weighted by Gasteiger charge is 2.34. The molecule has 0 radical (unpaired) electrons. The molecule has 1 amide bonds. The van der Waals surface area contributed by atoms with Gasteiger partial charge in [0.25, 0.3) is 5.91 Å². The third-order valence-electron chi connectivity index (χ3n) is 5.64. The molecule has 7 nitrogen and oxygen atoms in total. The lowest BCUT2D eigenvalue weighted by Gasteiger charge is -2.27. The molecule has 1 aliphatic heterocycles. The molecule has 4 rings (SSSR count). The van der Waals surface area contributed by atoms with Gasteiger partial charge in [-0.15, -0.1) is 0 Å². The van der Waals surface area contributed by atoms with Gasteiger partial charge in [0, 0.05) is 30.6 Å². The number of carbonyl (C=O) groups excluding carboxylic acids is 1. The molecular weight excluding hydrogens is 454 g/mol. The van der Waals surface area contributed by atoms with Crippen LogP contribution in [0.1, 0.15) is 13.3 Å². The minimum atomic E-state index is -3.12. The van der Waals surface area contributed by atoms with Crippen molar-refractivity contribution in [3.63, 3.8) is 0 Å². The Morgan fingerprint density at radius 2 is 1.94 bits per heavy atom. The zero-order valence-corrected chi connectivity index (χ0v) is 19.2. The summed E-state index contributed by atoms with van der Waals surface area (Å²) >= 11 is 6.45. The molecule has 2 aromatic carbocycles. The van der Waals surface area contributed by atoms with Crippen LogP contribution in [0.5, 0.6) is 5.75 Å². The van der Waals surface area contributed by atoms with E-state index in [-0.39, 0.29) is 39.8 Å². The first kappa shape index (κ1) is 22.4. The largest absolute Gasteiger partial charge is 0.479 e. The predicted molar refractivity (Wildman–Crippen MR) is 123 cm³/mol. The summed E-state index contributed by atoms with van der Waals surface area (Å²) in [7, 11) is -1.55. The molecule has 2 heterocycles. The summed E-state index contributed by atoms with van der Waals surface area (Å²) < 4.78 is 34.6. The predicted octanol–water partition coefficient (Wildman–Crippen LogP) is 3.53. The topological polar surface area (TPSA) is 93.9 Å². The molecule has 0 aliphatic carbocycles. The highest BCUT2D eigenvalue weighted by molar-refractivity contribution is 7.91. The van der Waals surface area contributed by atoms with Gasteiger partial charge in [0.15, 0.2) is 15.9 Å². The smallest absolute Gasteiger partial charge is 0.336 e. The second-order valence-corrected chi connectivity index (χ2v) is 10.5. The molecule has 168 valence electrons. The molecule has 9 heteroatoms. The summed E-state index contributed by atoms with van der Waals surface area (Å²) in [6, 6.07) is 13.5. The average Bonchev–Trinajstić information content (AvgIpc) is 3.13. The fourth-order valence-electron chi connectivity index (χ4n) is 3.90. The number of halogens is 1. The summed E-state index contributed by atoms with van der Waals surface area (Å²) in [5.41, 5.74) is 1.28. The fourth-order valence-corrected chi connectivity index (χ4v) is 5.88. The van der Waals surface area contributed by atoms with Crippen LogP contribution in [0.2, 0.25) is 5.02 Å². The SMILES string of the molecule is CC(Oc1cc2oc(=O)cc(-c3ccccc3)c2cc1Cl)C(=O)N(C)C1CCS(=O)(=O)C1. The van der Waals surface area contributed by atoms with Crippen LogP contribution >= 0.6 is 11.6 Å². The third kappa shape index (κ3) is 4.52. The van der Waals surface area contributed by atoms with E-state index in [0.29, 0.717) is 17.4 Å². The van der Waals surface area contributed by atoms with E-state index in [1.165, 1.54) is 17.0 Å². The van der Waals surface area contributed by atoms with E-state index >= 15 is 0 Å². The molecule has 1 aliphatic rings. The van der Waals surface area contributed by atoms with Crippen LogP contribution < -0.4 is 10.4 Å². The molecular formula is C23H22ClNO6S. The Labute approximate surface area is 190 Å². The number of hydrogen-bond donors (Lipinski definition) is 0. The number of ether oxygens (including phenoxy) is 1. The van der Waals surface area contributed by atoms with E-state index in [1.54, 1.807) is 20.0 Å². The van der Waals surface area contributed by atoms with Crippen LogP contribution in [0.3, 0.4) is 0 Å². The highest BCUT2D eigenvalue weighted by atomic mass is 35.5. The van der Waals surface area contributed by atoms with Gasteiger partial charge in [-0.25, -0.2) is 13.2 Å². The van der Waals surface area contributed by atoms with Crippen molar-refractivity contribution in [2.24, 2.45) is 0 Å². The average molecular weight is 476 g/mol. The van der Waals surface area contributed by atoms with Crippen molar-refractivity contribution in [1.29, 1.82) is 0 Å². The minimum Gasteiger partial charge on any atom is -0.479 e. The van der Waals surface area contributed by atoms with Gasteiger partial charge >= 0.3 is 5.63 Å². The lowest BCUT2D eigenvalue weighted by Crippen LogP contribution is -2.44. The molecule has 0 N–H and O–H groups in total. The van der Waals surface area contributed by atoms with Crippen LogP contribution in [-0.4, -0.2) is 49.9 Å². The van der Waals surface area contributed by atoms with Gasteiger partial charge < -0.3 is 14.1 Å². The molecule has 1 fully saturated rings. The van der Waals surface area contributed by atoms with Crippen molar-refractivity contribution in [3.05, 3.63) is 64.0 Å². The van der Waals surface area contributed by atoms with Crippen molar-refractivity contribution in [3.8, 4) is 16.9 Å². The number of rotatable bonds is 5. The van der Waals surface area contributed by atoms with Crippen molar-refractivity contribution in [1.82, 2.24) is 4.90 Å². The maximum Gasteiger partial charge on any atom is 0.336 e. The Balaban J connectivity index is 1.62. The van der Waals surface area contributed by atoms with Gasteiger partial charge in [0.2, 0.25) is 0 Å². The quantitative estimate of drug-likeness (QED) is 0.524. The summed E-state index contributed by atoms with van der Waals surface area (Å²) in [4.78, 5) is 26.4. The lowest BCUT2D eigenvalue weighted by molar-refractivity contribution is -0.138. The Hall–Kier alpha value is -2.84. The van der Waals surface area contributed by atoms with Gasteiger partial charge in [-0.1, -0.05) is 41.9 Å². The summed E-state index contributed by atoms with van der Waals surface area (Å²) in [5, 5.41) is 0.898. The monoisotopic (exact) mass is 475 g/mol. The molecule has 1 saturated heterocycles. The first-order valence-electron chi connectivity index (χ1n) is 10.1. The maximum atomic E-state index is 12.8. The number of amides is 1. The van der Waals surface area contributed by atoms with Crippen molar-refractivity contribution in [2.45, 2.75) is 25.5 Å². The van der Waals surface area contributed by atoms with E-state index in [1.807, 2.05) is 30.3 Å². The van der Waals surface area contributed by atoms with Crippen LogP contribution in [0.25, 0.3) is 22.1 Å². The van der Waals surface area contributed by atoms with Gasteiger partial charge in [-0.2, -0.15) is 0 Å². The van der Waals surface area contributed by atoms with Crippen LogP contribution in [0.15, 0.2) is 57.7 Å². The van der Waals surface area contributed by atoms with Crippen molar-refractivity contribution in [2.75, 3.05) is 18.6 Å². The Kier molecular flexibility index (Phi) is 6.01. The number of benzene rings is 2. The molecule has 0 spiro atoms. The number of sulfone groups is 1. The van der Waals surface area contributed by atoms with Crippen molar-refractivity contribution >= 4 is 38.3 Å². The highest BCUT2D eigenvalue weighted by Crippen LogP contribution is 2.35. The van der Waals surface area contributed by atoms with Crippen LogP contribution in [-0.2, 0) is 14.6 Å². The second kappa shape index (κ2) is 8.60. The summed E-state index contributed by atoms with van der Waals surface area (Å²) in [5.74, 6) is -0.140. The van der Waals surface area contributed by atoms with Crippen LogP contribution in [0.4, 0.5) is 0 Å². The molecule has 0 saturated carbocycles. The molecule has 0 bridgehead atoms. The second-order valence-electron chi connectivity index (χ2n) is 7.89. The van der Waals surface area contributed by atoms with E-state index < -0.39 is 21.6 Å². The van der Waals surface area contributed by atoms with E-state index in [0.717, 1.165) is 5.56 Å². The number of likely N-dealkylation sites (N-methyl/N-ethyl adjacent to an activating group) is 1. The minimum absolute atomic E-state index is 0.0495. The molecule has 1 aromatic heterocycles. The number of nitrogens with zero attached hydrogens (tertiary/aromatic N) is 1. The van der Waals surface area contributed by atoms with Crippen LogP contribution in [0, 0.1) is 0 Å². The zero-order chi connectivity index (χ0) is 23.0. The van der Waals surface area contributed by atoms with E-state index in [2.05, 4.69) is 0 Å². The molecule has 2 unspecified atom stereocenters. The standard InChI is InChI=1S/C23H22ClNO6S/c1-14(23(27)25(2)16-8-9-32(28,29)13-16)30-21-12-20-18(10-19(21)24)17(11-22(26)31-20)15-6-4-3-5-7-15/h3-7,10-12,14,16H,8-9,13H2,1-2H3. The zero-order valence-electron chi connectivity index (χ0n) is 17.6. The maximum absolute atomic E-state index is 12.8. The van der Waals surface area contributed by atoms with E-state index in [4.69, 9.17) is 20.8 Å². The van der Waals surface area contributed by atoms with Gasteiger partial charge in [-0.05, 0) is 30.5 Å². The normalized spacial score (nSPS) is 18.4. The van der Waals surface area contributed by atoms with Gasteiger partial charge in [-0.3, -0.25) is 4.79 Å². The first-order chi connectivity index (χ1) is 15.1. The van der Waals surface area contributed by atoms with Crippen molar-refractivity contribution < 1.29 is 22.4 Å². The van der Waals surface area contributed by atoms with E-state index in [9.17, 15) is 18.0 Å². The van der Waals surface area contributed by atoms with Gasteiger partial charge in [0.05, 0.1) is 16.5 Å². The summed E-state index contributed by atoms with van der Waals surface area (Å²) in [6.07, 6.45) is -0.510.